The van der Waals surface area contributed by atoms with Crippen LogP contribution in [-0.4, -0.2) is 56.1 Å². The standard InChI is InChI=1S/C19H27N3O3.ClH/c1-21(18(24)19(14-20)9-12-25-13-10-19)16-8-5-11-22(17(16)23)15-6-3-2-4-7-15;/h2-4,6-7,16H,5,8-14,20H2,1H3;1H. The normalized spacial score (nSPS) is 22.5. The van der Waals surface area contributed by atoms with Gasteiger partial charge in [-0.15, -0.1) is 12.4 Å². The highest BCUT2D eigenvalue weighted by atomic mass is 35.5. The van der Waals surface area contributed by atoms with Gasteiger partial charge in [0.25, 0.3) is 0 Å². The third kappa shape index (κ3) is 3.87. The minimum atomic E-state index is -0.595. The molecular formula is C19H28ClN3O3. The Hall–Kier alpha value is -1.63. The molecule has 1 aromatic carbocycles. The number of halogens is 1. The van der Waals surface area contributed by atoms with Crippen LogP contribution in [0.3, 0.4) is 0 Å². The first kappa shape index (κ1) is 20.7. The maximum absolute atomic E-state index is 13.2. The van der Waals surface area contributed by atoms with Gasteiger partial charge in [0.15, 0.2) is 0 Å². The second-order valence-corrected chi connectivity index (χ2v) is 7.00. The quantitative estimate of drug-likeness (QED) is 0.863. The van der Waals surface area contributed by atoms with Crippen molar-refractivity contribution in [3.05, 3.63) is 30.3 Å². The van der Waals surface area contributed by atoms with Crippen molar-refractivity contribution in [1.82, 2.24) is 4.90 Å². The molecule has 7 heteroatoms. The highest BCUT2D eigenvalue weighted by Crippen LogP contribution is 2.33. The molecule has 2 fully saturated rings. The van der Waals surface area contributed by atoms with Gasteiger partial charge in [-0.1, -0.05) is 18.2 Å². The summed E-state index contributed by atoms with van der Waals surface area (Å²) in [6.45, 7) is 2.08. The zero-order valence-corrected chi connectivity index (χ0v) is 16.0. The molecule has 144 valence electrons. The van der Waals surface area contributed by atoms with E-state index in [0.29, 0.717) is 45.6 Å². The Balaban J connectivity index is 0.00000243. The predicted molar refractivity (Wildman–Crippen MR) is 103 cm³/mol. The summed E-state index contributed by atoms with van der Waals surface area (Å²) in [7, 11) is 1.74. The summed E-state index contributed by atoms with van der Waals surface area (Å²) in [4.78, 5) is 29.6. The number of ether oxygens (including phenoxy) is 1. The lowest BCUT2D eigenvalue weighted by molar-refractivity contribution is -0.151. The zero-order chi connectivity index (χ0) is 17.9. The van der Waals surface area contributed by atoms with E-state index < -0.39 is 11.5 Å². The van der Waals surface area contributed by atoms with E-state index >= 15 is 0 Å². The topological polar surface area (TPSA) is 75.9 Å². The van der Waals surface area contributed by atoms with E-state index in [2.05, 4.69) is 0 Å². The molecule has 2 saturated heterocycles. The summed E-state index contributed by atoms with van der Waals surface area (Å²) >= 11 is 0. The van der Waals surface area contributed by atoms with Crippen molar-refractivity contribution in [1.29, 1.82) is 0 Å². The summed E-state index contributed by atoms with van der Waals surface area (Å²) in [6, 6.07) is 9.22. The van der Waals surface area contributed by atoms with Gasteiger partial charge < -0.3 is 20.3 Å². The average Bonchev–Trinajstić information content (AvgIpc) is 2.68. The molecule has 6 nitrogen and oxygen atoms in total. The van der Waals surface area contributed by atoms with Gasteiger partial charge in [-0.3, -0.25) is 9.59 Å². The van der Waals surface area contributed by atoms with Gasteiger partial charge in [0.1, 0.15) is 6.04 Å². The van der Waals surface area contributed by atoms with Gasteiger partial charge in [-0.2, -0.15) is 0 Å². The maximum Gasteiger partial charge on any atom is 0.249 e. The molecule has 26 heavy (non-hydrogen) atoms. The van der Waals surface area contributed by atoms with Gasteiger partial charge in [0, 0.05) is 39.0 Å². The summed E-state index contributed by atoms with van der Waals surface area (Å²) in [5.41, 5.74) is 6.25. The van der Waals surface area contributed by atoms with Crippen molar-refractivity contribution in [2.75, 3.05) is 38.3 Å². The van der Waals surface area contributed by atoms with Crippen molar-refractivity contribution in [3.8, 4) is 0 Å². The fraction of sp³-hybridized carbons (Fsp3) is 0.579. The third-order valence-corrected chi connectivity index (χ3v) is 5.56. The number of carbonyl (C=O) groups excluding carboxylic acids is 2. The number of likely N-dealkylation sites (N-methyl/N-ethyl adjacent to an activating group) is 1. The minimum Gasteiger partial charge on any atom is -0.381 e. The van der Waals surface area contributed by atoms with Crippen LogP contribution in [0.25, 0.3) is 0 Å². The average molecular weight is 382 g/mol. The van der Waals surface area contributed by atoms with Crippen molar-refractivity contribution in [2.45, 2.75) is 31.7 Å². The molecule has 1 unspecified atom stereocenters. The fourth-order valence-electron chi connectivity index (χ4n) is 3.86. The molecule has 3 rings (SSSR count). The van der Waals surface area contributed by atoms with Gasteiger partial charge in [0.05, 0.1) is 5.41 Å². The highest BCUT2D eigenvalue weighted by Gasteiger charge is 2.44. The number of rotatable bonds is 4. The lowest BCUT2D eigenvalue weighted by atomic mass is 9.78. The number of carbonyl (C=O) groups is 2. The number of piperidine rings is 1. The third-order valence-electron chi connectivity index (χ3n) is 5.56. The lowest BCUT2D eigenvalue weighted by Gasteiger charge is -2.42. The number of amides is 2. The van der Waals surface area contributed by atoms with Crippen LogP contribution in [0.4, 0.5) is 5.69 Å². The van der Waals surface area contributed by atoms with Crippen LogP contribution in [-0.2, 0) is 14.3 Å². The molecule has 0 spiro atoms. The molecule has 0 saturated carbocycles. The first-order valence-corrected chi connectivity index (χ1v) is 9.00. The molecule has 2 aliphatic rings. The van der Waals surface area contributed by atoms with Gasteiger partial charge in [-0.05, 0) is 37.8 Å². The van der Waals surface area contributed by atoms with E-state index in [0.717, 1.165) is 12.1 Å². The molecule has 2 heterocycles. The molecule has 0 radical (unpaired) electrons. The zero-order valence-electron chi connectivity index (χ0n) is 15.2. The van der Waals surface area contributed by atoms with Crippen LogP contribution in [0.15, 0.2) is 30.3 Å². The number of anilines is 1. The molecule has 0 bridgehead atoms. The van der Waals surface area contributed by atoms with Crippen LogP contribution in [0.2, 0.25) is 0 Å². The summed E-state index contributed by atoms with van der Waals surface area (Å²) in [6.07, 6.45) is 2.81. The molecule has 1 aromatic rings. The summed E-state index contributed by atoms with van der Waals surface area (Å²) in [5.74, 6) is -0.0286. The van der Waals surface area contributed by atoms with Crippen LogP contribution in [0.5, 0.6) is 0 Å². The Morgan fingerprint density at radius 2 is 1.96 bits per heavy atom. The molecule has 2 aliphatic heterocycles. The number of nitrogens with zero attached hydrogens (tertiary/aromatic N) is 2. The predicted octanol–water partition coefficient (Wildman–Crippen LogP) is 1.82. The number of hydrogen-bond acceptors (Lipinski definition) is 4. The van der Waals surface area contributed by atoms with Crippen LogP contribution in [0, 0.1) is 5.41 Å². The monoisotopic (exact) mass is 381 g/mol. The van der Waals surface area contributed by atoms with Crippen LogP contribution < -0.4 is 10.6 Å². The van der Waals surface area contributed by atoms with Crippen LogP contribution in [0.1, 0.15) is 25.7 Å². The van der Waals surface area contributed by atoms with E-state index in [-0.39, 0.29) is 24.2 Å². The van der Waals surface area contributed by atoms with E-state index in [9.17, 15) is 9.59 Å². The number of nitrogens with two attached hydrogens (primary N) is 1. The highest BCUT2D eigenvalue weighted by molar-refractivity contribution is 6.00. The Bertz CT molecular complexity index is 620. The van der Waals surface area contributed by atoms with E-state index in [1.807, 2.05) is 30.3 Å². The fourth-order valence-corrected chi connectivity index (χ4v) is 3.86. The van der Waals surface area contributed by atoms with Gasteiger partial charge in [0.2, 0.25) is 11.8 Å². The largest absolute Gasteiger partial charge is 0.381 e. The Kier molecular flexibility index (Phi) is 7.03. The van der Waals surface area contributed by atoms with E-state index in [4.69, 9.17) is 10.5 Å². The molecule has 1 atom stereocenters. The second kappa shape index (κ2) is 8.84. The molecule has 2 amide bonds. The van der Waals surface area contributed by atoms with Crippen molar-refractivity contribution in [2.24, 2.45) is 11.1 Å². The SMILES string of the molecule is CN(C(=O)C1(CN)CCOCC1)C1CCCN(c2ccccc2)C1=O.Cl. The second-order valence-electron chi connectivity index (χ2n) is 7.00. The van der Waals surface area contributed by atoms with E-state index in [1.165, 1.54) is 0 Å². The molecular weight excluding hydrogens is 354 g/mol. The molecule has 0 aromatic heterocycles. The maximum atomic E-state index is 13.2. The Labute approximate surface area is 161 Å². The van der Waals surface area contributed by atoms with E-state index in [1.54, 1.807) is 16.8 Å². The Morgan fingerprint density at radius 3 is 2.58 bits per heavy atom. The molecule has 0 aliphatic carbocycles. The number of para-hydroxylation sites is 1. The first-order valence-electron chi connectivity index (χ1n) is 9.00. The first-order chi connectivity index (χ1) is 12.1. The smallest absolute Gasteiger partial charge is 0.249 e. The molecule has 2 N–H and O–H groups in total. The lowest BCUT2D eigenvalue weighted by Crippen LogP contribution is -2.58. The summed E-state index contributed by atoms with van der Waals surface area (Å²) < 4.78 is 5.40. The van der Waals surface area contributed by atoms with Gasteiger partial charge >= 0.3 is 0 Å². The minimum absolute atomic E-state index is 0. The van der Waals surface area contributed by atoms with Crippen molar-refractivity contribution < 1.29 is 14.3 Å². The number of benzene rings is 1. The van der Waals surface area contributed by atoms with Crippen molar-refractivity contribution >= 4 is 29.9 Å². The van der Waals surface area contributed by atoms with Gasteiger partial charge in [-0.25, -0.2) is 0 Å². The van der Waals surface area contributed by atoms with Crippen molar-refractivity contribution in [3.63, 3.8) is 0 Å². The van der Waals surface area contributed by atoms with Crippen LogP contribution >= 0.6 is 12.4 Å². The number of hydrogen-bond donors (Lipinski definition) is 1. The summed E-state index contributed by atoms with van der Waals surface area (Å²) in [5, 5.41) is 0. The Morgan fingerprint density at radius 1 is 1.31 bits per heavy atom.